The molecule has 0 saturated heterocycles. The van der Waals surface area contributed by atoms with Crippen molar-refractivity contribution >= 4 is 37.4 Å². The van der Waals surface area contributed by atoms with Gasteiger partial charge in [-0.1, -0.05) is 50.1 Å². The fourth-order valence-electron chi connectivity index (χ4n) is 1.63. The quantitative estimate of drug-likeness (QED) is 0.752. The van der Waals surface area contributed by atoms with Crippen LogP contribution in [-0.2, 0) is 0 Å². The van der Waals surface area contributed by atoms with E-state index in [9.17, 15) is 10.2 Å². The number of aliphatic hydroxyl groups is 1. The number of hydrogen-bond acceptors (Lipinski definition) is 2. The smallest absolute Gasteiger partial charge is 0.115 e. The first-order chi connectivity index (χ1) is 7.49. The summed E-state index contributed by atoms with van der Waals surface area (Å²) in [6.07, 6.45) is 4.03. The molecular weight excluding hydrogens is 336 g/mol. The molecule has 1 aliphatic rings. The monoisotopic (exact) mass is 344 g/mol. The summed E-state index contributed by atoms with van der Waals surface area (Å²) in [5.41, 5.74) is 2.01. The molecule has 0 saturated carbocycles. The lowest BCUT2D eigenvalue weighted by atomic mass is 9.96. The molecule has 0 aliphatic heterocycles. The normalized spacial score (nSPS) is 18.9. The van der Waals surface area contributed by atoms with Crippen LogP contribution in [0.5, 0.6) is 5.75 Å². The molecule has 1 aromatic rings. The SMILES string of the molecule is OC1=CC=C(c2ccc(O)cc2)C(Br)(Br)C1. The standard InChI is InChI=1S/C12H10Br2O2/c13-12(14)7-10(16)5-6-11(12)8-1-3-9(15)4-2-8/h1-6,15-16H,7H2. The highest BCUT2D eigenvalue weighted by molar-refractivity contribution is 9.25. The first-order valence-electron chi connectivity index (χ1n) is 4.76. The number of aromatic hydroxyl groups is 1. The Hall–Kier alpha value is -0.740. The Bertz CT molecular complexity index is 458. The second-order valence-electron chi connectivity index (χ2n) is 3.67. The van der Waals surface area contributed by atoms with E-state index in [1.54, 1.807) is 18.2 Å². The van der Waals surface area contributed by atoms with Crippen molar-refractivity contribution in [1.82, 2.24) is 0 Å². The predicted molar refractivity (Wildman–Crippen MR) is 72.0 cm³/mol. The molecule has 0 heterocycles. The molecule has 0 aromatic heterocycles. The summed E-state index contributed by atoms with van der Waals surface area (Å²) in [4.78, 5) is 0. The van der Waals surface area contributed by atoms with Crippen molar-refractivity contribution in [2.75, 3.05) is 0 Å². The first kappa shape index (κ1) is 11.7. The van der Waals surface area contributed by atoms with E-state index in [2.05, 4.69) is 31.9 Å². The van der Waals surface area contributed by atoms with Crippen LogP contribution in [0.2, 0.25) is 0 Å². The van der Waals surface area contributed by atoms with Crippen molar-refractivity contribution in [3.05, 3.63) is 47.7 Å². The number of hydrogen-bond donors (Lipinski definition) is 2. The van der Waals surface area contributed by atoms with E-state index in [0.717, 1.165) is 11.1 Å². The third-order valence-electron chi connectivity index (χ3n) is 2.42. The Morgan fingerprint density at radius 1 is 1.00 bits per heavy atom. The molecule has 0 atom stereocenters. The number of halogens is 2. The molecule has 0 radical (unpaired) electrons. The number of allylic oxidation sites excluding steroid dienone is 4. The molecular formula is C12H10Br2O2. The van der Waals surface area contributed by atoms with E-state index in [0.29, 0.717) is 12.2 Å². The molecule has 16 heavy (non-hydrogen) atoms. The summed E-state index contributed by atoms with van der Waals surface area (Å²) in [6.45, 7) is 0. The molecule has 0 spiro atoms. The Kier molecular flexibility index (Phi) is 3.13. The van der Waals surface area contributed by atoms with Gasteiger partial charge in [-0.3, -0.25) is 0 Å². The fraction of sp³-hybridized carbons (Fsp3) is 0.167. The summed E-state index contributed by atoms with van der Waals surface area (Å²) >= 11 is 7.08. The molecule has 1 aliphatic carbocycles. The highest BCUT2D eigenvalue weighted by Gasteiger charge is 2.32. The van der Waals surface area contributed by atoms with Crippen molar-refractivity contribution < 1.29 is 10.2 Å². The van der Waals surface area contributed by atoms with Gasteiger partial charge in [0.15, 0.2) is 0 Å². The summed E-state index contributed by atoms with van der Waals surface area (Å²) in [6, 6.07) is 6.97. The molecule has 84 valence electrons. The third kappa shape index (κ3) is 2.33. The van der Waals surface area contributed by atoms with E-state index < -0.39 is 3.23 Å². The van der Waals surface area contributed by atoms with Crippen molar-refractivity contribution in [2.24, 2.45) is 0 Å². The average molecular weight is 346 g/mol. The molecule has 0 bridgehead atoms. The van der Waals surface area contributed by atoms with Gasteiger partial charge >= 0.3 is 0 Å². The highest BCUT2D eigenvalue weighted by Crippen LogP contribution is 2.47. The second-order valence-corrected chi connectivity index (χ2v) is 7.44. The Balaban J connectivity index is 2.43. The van der Waals surface area contributed by atoms with Crippen molar-refractivity contribution in [3.63, 3.8) is 0 Å². The van der Waals surface area contributed by atoms with Gasteiger partial charge in [0.25, 0.3) is 0 Å². The Morgan fingerprint density at radius 2 is 1.62 bits per heavy atom. The van der Waals surface area contributed by atoms with Gasteiger partial charge in [-0.25, -0.2) is 0 Å². The third-order valence-corrected chi connectivity index (χ3v) is 3.83. The molecule has 2 nitrogen and oxygen atoms in total. The number of phenolic OH excluding ortho intramolecular Hbond substituents is 1. The van der Waals surface area contributed by atoms with Crippen molar-refractivity contribution in [3.8, 4) is 5.75 Å². The fourth-order valence-corrected chi connectivity index (χ4v) is 2.93. The van der Waals surface area contributed by atoms with Gasteiger partial charge in [-0.05, 0) is 29.3 Å². The lowest BCUT2D eigenvalue weighted by molar-refractivity contribution is 0.388. The maximum atomic E-state index is 9.47. The number of benzene rings is 1. The zero-order chi connectivity index (χ0) is 11.8. The van der Waals surface area contributed by atoms with Gasteiger partial charge in [0.1, 0.15) is 8.98 Å². The summed E-state index contributed by atoms with van der Waals surface area (Å²) in [7, 11) is 0. The molecule has 1 aromatic carbocycles. The van der Waals surface area contributed by atoms with Gasteiger partial charge in [0.2, 0.25) is 0 Å². The maximum Gasteiger partial charge on any atom is 0.115 e. The van der Waals surface area contributed by atoms with E-state index in [4.69, 9.17) is 0 Å². The second kappa shape index (κ2) is 4.26. The average Bonchev–Trinajstić information content (AvgIpc) is 2.18. The van der Waals surface area contributed by atoms with Crippen LogP contribution in [0.15, 0.2) is 42.2 Å². The van der Waals surface area contributed by atoms with Crippen LogP contribution in [0.25, 0.3) is 5.57 Å². The Labute approximate surface area is 111 Å². The van der Waals surface area contributed by atoms with Crippen LogP contribution in [-0.4, -0.2) is 13.4 Å². The molecule has 0 amide bonds. The topological polar surface area (TPSA) is 40.5 Å². The Morgan fingerprint density at radius 3 is 2.19 bits per heavy atom. The number of phenols is 1. The van der Waals surface area contributed by atoms with E-state index in [1.807, 2.05) is 18.2 Å². The van der Waals surface area contributed by atoms with Crippen LogP contribution in [0.1, 0.15) is 12.0 Å². The summed E-state index contributed by atoms with van der Waals surface area (Å²) in [5, 5.41) is 18.7. The van der Waals surface area contributed by atoms with Gasteiger partial charge in [-0.15, -0.1) is 0 Å². The van der Waals surface area contributed by atoms with Gasteiger partial charge in [0.05, 0.1) is 5.76 Å². The lowest BCUT2D eigenvalue weighted by Gasteiger charge is -2.26. The van der Waals surface area contributed by atoms with Crippen LogP contribution in [0.3, 0.4) is 0 Å². The van der Waals surface area contributed by atoms with Crippen LogP contribution in [0.4, 0.5) is 0 Å². The molecule has 0 unspecified atom stereocenters. The van der Waals surface area contributed by atoms with E-state index in [-0.39, 0.29) is 5.75 Å². The summed E-state index contributed by atoms with van der Waals surface area (Å²) in [5.74, 6) is 0.574. The molecule has 2 rings (SSSR count). The zero-order valence-electron chi connectivity index (χ0n) is 8.32. The van der Waals surface area contributed by atoms with Crippen molar-refractivity contribution in [1.29, 1.82) is 0 Å². The van der Waals surface area contributed by atoms with E-state index in [1.165, 1.54) is 0 Å². The maximum absolute atomic E-state index is 9.47. The van der Waals surface area contributed by atoms with E-state index >= 15 is 0 Å². The molecule has 2 N–H and O–H groups in total. The summed E-state index contributed by atoms with van der Waals surface area (Å²) < 4.78 is -0.449. The van der Waals surface area contributed by atoms with Crippen LogP contribution >= 0.6 is 31.9 Å². The van der Waals surface area contributed by atoms with Gasteiger partial charge < -0.3 is 10.2 Å². The van der Waals surface area contributed by atoms with Crippen LogP contribution < -0.4 is 0 Å². The van der Waals surface area contributed by atoms with Crippen molar-refractivity contribution in [2.45, 2.75) is 9.65 Å². The first-order valence-corrected chi connectivity index (χ1v) is 6.35. The number of rotatable bonds is 1. The molecule has 4 heteroatoms. The van der Waals surface area contributed by atoms with Gasteiger partial charge in [-0.2, -0.15) is 0 Å². The lowest BCUT2D eigenvalue weighted by Crippen LogP contribution is -2.17. The van der Waals surface area contributed by atoms with Gasteiger partial charge in [0, 0.05) is 6.42 Å². The minimum atomic E-state index is -0.449. The molecule has 0 fully saturated rings. The van der Waals surface area contributed by atoms with Crippen LogP contribution in [0, 0.1) is 0 Å². The minimum Gasteiger partial charge on any atom is -0.512 e. The minimum absolute atomic E-state index is 0.244. The highest BCUT2D eigenvalue weighted by atomic mass is 79.9. The zero-order valence-corrected chi connectivity index (χ0v) is 11.5. The predicted octanol–water partition coefficient (Wildman–Crippen LogP) is 4.11. The number of alkyl halides is 2. The largest absolute Gasteiger partial charge is 0.512 e. The number of aliphatic hydroxyl groups excluding tert-OH is 1.